The van der Waals surface area contributed by atoms with Crippen molar-refractivity contribution in [3.63, 3.8) is 0 Å². The maximum absolute atomic E-state index is 13.2. The second kappa shape index (κ2) is 10.2. The van der Waals surface area contributed by atoms with E-state index in [1.807, 2.05) is 49.3 Å². The molecule has 1 amide bonds. The van der Waals surface area contributed by atoms with Crippen LogP contribution < -0.4 is 4.90 Å². The SMILES string of the molecule is CN(C)CCN(Cc1ccccc1)C(=O)c1ccc(N2CCCCCC2)nc1. The van der Waals surface area contributed by atoms with Crippen LogP contribution in [0.1, 0.15) is 41.6 Å². The lowest BCUT2D eigenvalue weighted by Crippen LogP contribution is -2.36. The molecule has 1 aliphatic rings. The predicted octanol–water partition coefficient (Wildman–Crippen LogP) is 3.67. The molecule has 0 N–H and O–H groups in total. The number of nitrogens with zero attached hydrogens (tertiary/aromatic N) is 4. The molecule has 28 heavy (non-hydrogen) atoms. The van der Waals surface area contributed by atoms with Gasteiger partial charge in [-0.3, -0.25) is 4.79 Å². The molecule has 1 fully saturated rings. The molecule has 5 heteroatoms. The van der Waals surface area contributed by atoms with Crippen LogP contribution in [0.15, 0.2) is 48.7 Å². The number of carbonyl (C=O) groups is 1. The van der Waals surface area contributed by atoms with E-state index in [1.54, 1.807) is 6.20 Å². The van der Waals surface area contributed by atoms with Crippen molar-refractivity contribution in [1.82, 2.24) is 14.8 Å². The van der Waals surface area contributed by atoms with E-state index in [1.165, 1.54) is 25.7 Å². The number of benzene rings is 1. The van der Waals surface area contributed by atoms with Gasteiger partial charge in [-0.1, -0.05) is 43.2 Å². The highest BCUT2D eigenvalue weighted by Crippen LogP contribution is 2.18. The van der Waals surface area contributed by atoms with Crippen molar-refractivity contribution in [2.75, 3.05) is 45.2 Å². The smallest absolute Gasteiger partial charge is 0.255 e. The van der Waals surface area contributed by atoms with Gasteiger partial charge in [-0.15, -0.1) is 0 Å². The molecule has 0 unspecified atom stereocenters. The van der Waals surface area contributed by atoms with Gasteiger partial charge in [0.2, 0.25) is 0 Å². The zero-order valence-corrected chi connectivity index (χ0v) is 17.2. The van der Waals surface area contributed by atoms with Crippen molar-refractivity contribution in [2.24, 2.45) is 0 Å². The third-order valence-electron chi connectivity index (χ3n) is 5.25. The summed E-state index contributed by atoms with van der Waals surface area (Å²) in [5.74, 6) is 1.03. The first-order chi connectivity index (χ1) is 13.6. The summed E-state index contributed by atoms with van der Waals surface area (Å²) >= 11 is 0. The number of hydrogen-bond donors (Lipinski definition) is 0. The van der Waals surface area contributed by atoms with Gasteiger partial charge in [-0.2, -0.15) is 0 Å². The predicted molar refractivity (Wildman–Crippen MR) is 115 cm³/mol. The number of anilines is 1. The molecule has 0 aliphatic carbocycles. The number of aromatic nitrogens is 1. The zero-order chi connectivity index (χ0) is 19.8. The van der Waals surface area contributed by atoms with Gasteiger partial charge in [0, 0.05) is 38.9 Å². The minimum absolute atomic E-state index is 0.0422. The Morgan fingerprint density at radius 3 is 2.29 bits per heavy atom. The quantitative estimate of drug-likeness (QED) is 0.735. The van der Waals surface area contributed by atoms with Gasteiger partial charge in [-0.25, -0.2) is 4.98 Å². The first-order valence-electron chi connectivity index (χ1n) is 10.3. The number of likely N-dealkylation sites (N-methyl/N-ethyl adjacent to an activating group) is 1. The summed E-state index contributed by atoms with van der Waals surface area (Å²) in [6.45, 7) is 4.25. The highest BCUT2D eigenvalue weighted by molar-refractivity contribution is 5.94. The van der Waals surface area contributed by atoms with E-state index in [-0.39, 0.29) is 5.91 Å². The monoisotopic (exact) mass is 380 g/mol. The number of carbonyl (C=O) groups excluding carboxylic acids is 1. The Labute approximate surface area is 169 Å². The van der Waals surface area contributed by atoms with Crippen LogP contribution in [-0.2, 0) is 6.54 Å². The van der Waals surface area contributed by atoms with Gasteiger partial charge in [0.25, 0.3) is 5.91 Å². The Balaban J connectivity index is 1.71. The molecule has 2 heterocycles. The molecule has 1 aromatic heterocycles. The van der Waals surface area contributed by atoms with Gasteiger partial charge in [-0.05, 0) is 44.6 Å². The molecule has 1 aliphatic heterocycles. The highest BCUT2D eigenvalue weighted by atomic mass is 16.2. The maximum Gasteiger partial charge on any atom is 0.255 e. The Morgan fingerprint density at radius 2 is 1.68 bits per heavy atom. The molecule has 3 rings (SSSR count). The van der Waals surface area contributed by atoms with Crippen molar-refractivity contribution >= 4 is 11.7 Å². The number of amides is 1. The van der Waals surface area contributed by atoms with Gasteiger partial charge in [0.05, 0.1) is 5.56 Å². The highest BCUT2D eigenvalue weighted by Gasteiger charge is 2.18. The molecule has 5 nitrogen and oxygen atoms in total. The molecular formula is C23H32N4O. The summed E-state index contributed by atoms with van der Waals surface area (Å²) in [5.41, 5.74) is 1.80. The summed E-state index contributed by atoms with van der Waals surface area (Å²) in [6.07, 6.45) is 6.78. The fourth-order valence-corrected chi connectivity index (χ4v) is 3.56. The van der Waals surface area contributed by atoms with Crippen LogP contribution in [0.25, 0.3) is 0 Å². The first kappa shape index (κ1) is 20.3. The molecule has 0 radical (unpaired) electrons. The standard InChI is InChI=1S/C23H32N4O/c1-25(2)16-17-27(19-20-10-6-5-7-11-20)23(28)21-12-13-22(24-18-21)26-14-8-3-4-9-15-26/h5-7,10-13,18H,3-4,8-9,14-17,19H2,1-2H3. The van der Waals surface area contributed by atoms with Gasteiger partial charge < -0.3 is 14.7 Å². The maximum atomic E-state index is 13.2. The summed E-state index contributed by atoms with van der Waals surface area (Å²) in [4.78, 5) is 24.1. The summed E-state index contributed by atoms with van der Waals surface area (Å²) < 4.78 is 0. The van der Waals surface area contributed by atoms with E-state index >= 15 is 0 Å². The van der Waals surface area contributed by atoms with E-state index in [2.05, 4.69) is 26.9 Å². The van der Waals surface area contributed by atoms with E-state index in [4.69, 9.17) is 0 Å². The van der Waals surface area contributed by atoms with Crippen LogP contribution in [0.4, 0.5) is 5.82 Å². The van der Waals surface area contributed by atoms with Crippen LogP contribution in [0.3, 0.4) is 0 Å². The van der Waals surface area contributed by atoms with Crippen molar-refractivity contribution in [1.29, 1.82) is 0 Å². The minimum atomic E-state index is 0.0422. The lowest BCUT2D eigenvalue weighted by molar-refractivity contribution is 0.0731. The number of rotatable bonds is 7. The van der Waals surface area contributed by atoms with Crippen LogP contribution in [0.5, 0.6) is 0 Å². The second-order valence-electron chi connectivity index (χ2n) is 7.82. The van der Waals surface area contributed by atoms with E-state index in [0.29, 0.717) is 18.7 Å². The summed E-state index contributed by atoms with van der Waals surface area (Å²) in [5, 5.41) is 0. The summed E-state index contributed by atoms with van der Waals surface area (Å²) in [7, 11) is 4.06. The molecule has 150 valence electrons. The molecule has 0 bridgehead atoms. The lowest BCUT2D eigenvalue weighted by Gasteiger charge is -2.25. The number of hydrogen-bond acceptors (Lipinski definition) is 4. The fourth-order valence-electron chi connectivity index (χ4n) is 3.56. The molecular weight excluding hydrogens is 348 g/mol. The van der Waals surface area contributed by atoms with Crippen LogP contribution in [0, 0.1) is 0 Å². The fraction of sp³-hybridized carbons (Fsp3) is 0.478. The largest absolute Gasteiger partial charge is 0.357 e. The normalized spacial score (nSPS) is 14.8. The van der Waals surface area contributed by atoms with Gasteiger partial charge in [0.1, 0.15) is 5.82 Å². The van der Waals surface area contributed by atoms with Crippen LogP contribution in [0.2, 0.25) is 0 Å². The number of pyridine rings is 1. The van der Waals surface area contributed by atoms with Crippen LogP contribution >= 0.6 is 0 Å². The van der Waals surface area contributed by atoms with Crippen molar-refractivity contribution in [2.45, 2.75) is 32.2 Å². The average Bonchev–Trinajstić information content (AvgIpc) is 3.01. The topological polar surface area (TPSA) is 39.7 Å². The third-order valence-corrected chi connectivity index (χ3v) is 5.25. The van der Waals surface area contributed by atoms with Crippen molar-refractivity contribution in [3.8, 4) is 0 Å². The average molecular weight is 381 g/mol. The molecule has 2 aromatic rings. The molecule has 1 saturated heterocycles. The van der Waals surface area contributed by atoms with Gasteiger partial charge >= 0.3 is 0 Å². The molecule has 1 aromatic carbocycles. The summed E-state index contributed by atoms with van der Waals surface area (Å²) in [6, 6.07) is 14.1. The van der Waals surface area contributed by atoms with E-state index < -0.39 is 0 Å². The lowest BCUT2D eigenvalue weighted by atomic mass is 10.2. The third kappa shape index (κ3) is 5.80. The van der Waals surface area contributed by atoms with E-state index in [9.17, 15) is 4.79 Å². The zero-order valence-electron chi connectivity index (χ0n) is 17.2. The van der Waals surface area contributed by atoms with Crippen LogP contribution in [-0.4, -0.2) is 61.0 Å². The Kier molecular flexibility index (Phi) is 7.43. The van der Waals surface area contributed by atoms with Crippen molar-refractivity contribution < 1.29 is 4.79 Å². The first-order valence-corrected chi connectivity index (χ1v) is 10.3. The molecule has 0 spiro atoms. The molecule has 0 saturated carbocycles. The minimum Gasteiger partial charge on any atom is -0.357 e. The Hall–Kier alpha value is -2.40. The second-order valence-corrected chi connectivity index (χ2v) is 7.82. The Morgan fingerprint density at radius 1 is 0.964 bits per heavy atom. The Bertz CT molecular complexity index is 722. The molecule has 0 atom stereocenters. The van der Waals surface area contributed by atoms with Crippen molar-refractivity contribution in [3.05, 3.63) is 59.8 Å². The van der Waals surface area contributed by atoms with E-state index in [0.717, 1.165) is 31.0 Å². The van der Waals surface area contributed by atoms with Gasteiger partial charge in [0.15, 0.2) is 0 Å².